The van der Waals surface area contributed by atoms with Gasteiger partial charge in [-0.05, 0) is 88.4 Å². The smallest absolute Gasteiger partial charge is 0.222 e. The van der Waals surface area contributed by atoms with Crippen molar-refractivity contribution in [1.29, 1.82) is 0 Å². The molecular formula is C26H36N4O3. The molecule has 2 aromatic rings. The summed E-state index contributed by atoms with van der Waals surface area (Å²) in [4.78, 5) is 18.2. The molecule has 7 nitrogen and oxygen atoms in total. The standard InChI is InChI=1S/C26H36N4O3/c1-3-32-25-16-20(8-10-24(25)33-23-6-4-5-7-23)18-30(21-12-14-27-15-13-21)22-9-11-26(28-17-22)29-19(2)31/h8-11,16-17,21,23,27H,3-7,12-15,18H2,1-2H3,(H,28,29,31). The summed E-state index contributed by atoms with van der Waals surface area (Å²) in [5, 5.41) is 6.21. The van der Waals surface area contributed by atoms with Gasteiger partial charge < -0.3 is 25.0 Å². The molecule has 2 heterocycles. The maximum Gasteiger partial charge on any atom is 0.222 e. The Balaban J connectivity index is 1.55. The second kappa shape index (κ2) is 11.4. The van der Waals surface area contributed by atoms with Gasteiger partial charge in [0.15, 0.2) is 11.5 Å². The van der Waals surface area contributed by atoms with E-state index in [-0.39, 0.29) is 5.91 Å². The van der Waals surface area contributed by atoms with Crippen LogP contribution in [0.2, 0.25) is 0 Å². The average Bonchev–Trinajstić information content (AvgIpc) is 3.33. The van der Waals surface area contributed by atoms with Gasteiger partial charge in [-0.2, -0.15) is 0 Å². The van der Waals surface area contributed by atoms with Crippen molar-refractivity contribution < 1.29 is 14.3 Å². The van der Waals surface area contributed by atoms with E-state index in [9.17, 15) is 4.79 Å². The van der Waals surface area contributed by atoms with E-state index >= 15 is 0 Å². The fraction of sp³-hybridized carbons (Fsp3) is 0.538. The van der Waals surface area contributed by atoms with Gasteiger partial charge in [-0.1, -0.05) is 6.07 Å². The molecule has 1 aromatic carbocycles. The molecule has 1 aromatic heterocycles. The number of benzene rings is 1. The van der Waals surface area contributed by atoms with Gasteiger partial charge in [0.05, 0.1) is 24.6 Å². The van der Waals surface area contributed by atoms with Gasteiger partial charge in [0.1, 0.15) is 5.82 Å². The Morgan fingerprint density at radius 1 is 1.12 bits per heavy atom. The van der Waals surface area contributed by atoms with Gasteiger partial charge in [-0.25, -0.2) is 4.98 Å². The molecule has 33 heavy (non-hydrogen) atoms. The van der Waals surface area contributed by atoms with Crippen LogP contribution in [-0.2, 0) is 11.3 Å². The lowest BCUT2D eigenvalue weighted by molar-refractivity contribution is -0.114. The van der Waals surface area contributed by atoms with Gasteiger partial charge in [0.2, 0.25) is 5.91 Å². The molecule has 1 amide bonds. The largest absolute Gasteiger partial charge is 0.490 e. The molecule has 0 spiro atoms. The summed E-state index contributed by atoms with van der Waals surface area (Å²) < 4.78 is 12.2. The first kappa shape index (κ1) is 23.4. The summed E-state index contributed by atoms with van der Waals surface area (Å²) in [5.41, 5.74) is 2.24. The second-order valence-electron chi connectivity index (χ2n) is 8.93. The molecular weight excluding hydrogens is 416 g/mol. The van der Waals surface area contributed by atoms with E-state index in [1.54, 1.807) is 0 Å². The van der Waals surface area contributed by atoms with Crippen molar-refractivity contribution in [2.24, 2.45) is 0 Å². The highest BCUT2D eigenvalue weighted by Gasteiger charge is 2.23. The van der Waals surface area contributed by atoms with Crippen molar-refractivity contribution in [3.63, 3.8) is 0 Å². The Morgan fingerprint density at radius 3 is 2.58 bits per heavy atom. The lowest BCUT2D eigenvalue weighted by Crippen LogP contribution is -2.43. The number of pyridine rings is 1. The highest BCUT2D eigenvalue weighted by Crippen LogP contribution is 2.34. The van der Waals surface area contributed by atoms with Gasteiger partial charge in [0, 0.05) is 19.5 Å². The number of nitrogens with zero attached hydrogens (tertiary/aromatic N) is 2. The number of rotatable bonds is 9. The third-order valence-electron chi connectivity index (χ3n) is 6.39. The van der Waals surface area contributed by atoms with E-state index in [2.05, 4.69) is 38.7 Å². The van der Waals surface area contributed by atoms with Crippen molar-refractivity contribution in [2.75, 3.05) is 29.9 Å². The molecule has 2 aliphatic rings. The molecule has 2 fully saturated rings. The summed E-state index contributed by atoms with van der Waals surface area (Å²) in [6.07, 6.45) is 9.04. The summed E-state index contributed by atoms with van der Waals surface area (Å²) in [7, 11) is 0. The Hall–Kier alpha value is -2.80. The topological polar surface area (TPSA) is 75.7 Å². The van der Waals surface area contributed by atoms with E-state index in [0.29, 0.717) is 24.6 Å². The van der Waals surface area contributed by atoms with E-state index in [0.717, 1.165) is 62.5 Å². The normalized spacial score (nSPS) is 17.0. The summed E-state index contributed by atoms with van der Waals surface area (Å²) in [5.74, 6) is 2.13. The predicted molar refractivity (Wildman–Crippen MR) is 131 cm³/mol. The molecule has 1 saturated heterocycles. The zero-order valence-corrected chi connectivity index (χ0v) is 19.8. The number of anilines is 2. The molecule has 2 N–H and O–H groups in total. The van der Waals surface area contributed by atoms with Crippen LogP contribution >= 0.6 is 0 Å². The van der Waals surface area contributed by atoms with Gasteiger partial charge in [-0.15, -0.1) is 0 Å². The number of hydrogen-bond acceptors (Lipinski definition) is 6. The fourth-order valence-corrected chi connectivity index (χ4v) is 4.76. The van der Waals surface area contributed by atoms with Crippen molar-refractivity contribution in [2.45, 2.75) is 71.1 Å². The lowest BCUT2D eigenvalue weighted by Gasteiger charge is -2.36. The number of amides is 1. The zero-order chi connectivity index (χ0) is 23.0. The van der Waals surface area contributed by atoms with Crippen LogP contribution < -0.4 is 25.0 Å². The van der Waals surface area contributed by atoms with Crippen molar-refractivity contribution in [3.8, 4) is 11.5 Å². The number of carbonyl (C=O) groups excluding carboxylic acids is 1. The zero-order valence-electron chi connectivity index (χ0n) is 19.8. The predicted octanol–water partition coefficient (Wildman–Crippen LogP) is 4.52. The number of piperidine rings is 1. The Labute approximate surface area is 196 Å². The Bertz CT molecular complexity index is 906. The van der Waals surface area contributed by atoms with Crippen molar-refractivity contribution in [1.82, 2.24) is 10.3 Å². The molecule has 0 bridgehead atoms. The first-order valence-corrected chi connectivity index (χ1v) is 12.3. The number of hydrogen-bond donors (Lipinski definition) is 2. The summed E-state index contributed by atoms with van der Waals surface area (Å²) in [6.45, 7) is 6.89. The third-order valence-corrected chi connectivity index (χ3v) is 6.39. The van der Waals surface area contributed by atoms with Crippen molar-refractivity contribution >= 4 is 17.4 Å². The molecule has 4 rings (SSSR count). The number of nitrogens with one attached hydrogen (secondary N) is 2. The molecule has 0 atom stereocenters. The fourth-order valence-electron chi connectivity index (χ4n) is 4.76. The molecule has 1 aliphatic heterocycles. The monoisotopic (exact) mass is 452 g/mol. The molecule has 1 aliphatic carbocycles. The van der Waals surface area contributed by atoms with E-state index < -0.39 is 0 Å². The van der Waals surface area contributed by atoms with Crippen LogP contribution in [0.5, 0.6) is 11.5 Å². The van der Waals surface area contributed by atoms with Crippen LogP contribution in [0.3, 0.4) is 0 Å². The summed E-state index contributed by atoms with van der Waals surface area (Å²) in [6, 6.07) is 10.7. The minimum atomic E-state index is -0.117. The number of ether oxygens (including phenoxy) is 2. The van der Waals surface area contributed by atoms with Crippen LogP contribution in [0, 0.1) is 0 Å². The first-order valence-electron chi connectivity index (χ1n) is 12.3. The quantitative estimate of drug-likeness (QED) is 0.583. The third kappa shape index (κ3) is 6.38. The molecule has 0 unspecified atom stereocenters. The molecule has 1 saturated carbocycles. The highest BCUT2D eigenvalue weighted by atomic mass is 16.5. The lowest BCUT2D eigenvalue weighted by atomic mass is 10.0. The molecule has 0 radical (unpaired) electrons. The van der Waals surface area contributed by atoms with Crippen LogP contribution in [0.25, 0.3) is 0 Å². The van der Waals surface area contributed by atoms with Crippen LogP contribution in [0.4, 0.5) is 11.5 Å². The second-order valence-corrected chi connectivity index (χ2v) is 8.93. The van der Waals surface area contributed by atoms with E-state index in [1.165, 1.54) is 25.3 Å². The van der Waals surface area contributed by atoms with Crippen LogP contribution in [0.15, 0.2) is 36.5 Å². The van der Waals surface area contributed by atoms with Gasteiger partial charge in [0.25, 0.3) is 0 Å². The van der Waals surface area contributed by atoms with Gasteiger partial charge >= 0.3 is 0 Å². The SMILES string of the molecule is CCOc1cc(CN(c2ccc(NC(C)=O)nc2)C2CCNCC2)ccc1OC1CCCC1. The maximum atomic E-state index is 11.4. The minimum absolute atomic E-state index is 0.117. The van der Waals surface area contributed by atoms with Gasteiger partial charge in [-0.3, -0.25) is 4.79 Å². The molecule has 178 valence electrons. The minimum Gasteiger partial charge on any atom is -0.490 e. The van der Waals surface area contributed by atoms with E-state index in [1.807, 2.05) is 25.3 Å². The Morgan fingerprint density at radius 2 is 1.91 bits per heavy atom. The number of aromatic nitrogens is 1. The van der Waals surface area contributed by atoms with E-state index in [4.69, 9.17) is 9.47 Å². The first-order chi connectivity index (χ1) is 16.1. The average molecular weight is 453 g/mol. The number of carbonyl (C=O) groups is 1. The Kier molecular flexibility index (Phi) is 8.05. The highest BCUT2D eigenvalue weighted by molar-refractivity contribution is 5.87. The van der Waals surface area contributed by atoms with Crippen molar-refractivity contribution in [3.05, 3.63) is 42.1 Å². The van der Waals surface area contributed by atoms with Crippen LogP contribution in [-0.4, -0.2) is 42.7 Å². The maximum absolute atomic E-state index is 11.4. The molecule has 7 heteroatoms. The van der Waals surface area contributed by atoms with Crippen LogP contribution in [0.1, 0.15) is 57.9 Å². The summed E-state index contributed by atoms with van der Waals surface area (Å²) >= 11 is 0.